The average molecular weight is 413 g/mol. The summed E-state index contributed by atoms with van der Waals surface area (Å²) in [7, 11) is 0. The summed E-state index contributed by atoms with van der Waals surface area (Å²) in [5.41, 5.74) is 6.34. The number of aliphatic imine (C=N–C) groups is 1. The second kappa shape index (κ2) is 9.35. The van der Waals surface area contributed by atoms with Gasteiger partial charge in [0.15, 0.2) is 5.96 Å². The van der Waals surface area contributed by atoms with Crippen LogP contribution in [0.3, 0.4) is 0 Å². The van der Waals surface area contributed by atoms with Gasteiger partial charge in [0.1, 0.15) is 0 Å². The van der Waals surface area contributed by atoms with E-state index in [1.165, 1.54) is 32.1 Å². The van der Waals surface area contributed by atoms with Crippen molar-refractivity contribution in [3.05, 3.63) is 0 Å². The molecule has 0 radical (unpaired) electrons. The van der Waals surface area contributed by atoms with Crippen LogP contribution in [-0.4, -0.2) is 53.7 Å². The molecule has 0 aromatic rings. The van der Waals surface area contributed by atoms with E-state index in [-0.39, 0.29) is 36.0 Å². The first-order valence-corrected chi connectivity index (χ1v) is 8.65. The standard InChI is InChI=1S/C14H27N3OS.HI/c15-13(17-7-10-19-11-8-17)16-12-14(6-9-18)4-2-1-3-5-14;/h18H,1-12H2,(H2,15,16);1H. The number of nitrogens with two attached hydrogens (primary N) is 1. The number of nitrogens with zero attached hydrogens (tertiary/aromatic N) is 2. The van der Waals surface area contributed by atoms with Gasteiger partial charge in [-0.1, -0.05) is 19.3 Å². The summed E-state index contributed by atoms with van der Waals surface area (Å²) in [6, 6.07) is 0. The lowest BCUT2D eigenvalue weighted by molar-refractivity contribution is 0.137. The Morgan fingerprint density at radius 2 is 1.85 bits per heavy atom. The zero-order valence-electron chi connectivity index (χ0n) is 12.2. The Morgan fingerprint density at radius 1 is 1.20 bits per heavy atom. The smallest absolute Gasteiger partial charge is 0.191 e. The highest BCUT2D eigenvalue weighted by molar-refractivity contribution is 14.0. The van der Waals surface area contributed by atoms with Gasteiger partial charge in [0.25, 0.3) is 0 Å². The molecule has 6 heteroatoms. The summed E-state index contributed by atoms with van der Waals surface area (Å²) in [6.45, 7) is 3.11. The summed E-state index contributed by atoms with van der Waals surface area (Å²) < 4.78 is 0. The van der Waals surface area contributed by atoms with Crippen LogP contribution in [0.5, 0.6) is 0 Å². The molecule has 0 aromatic carbocycles. The van der Waals surface area contributed by atoms with E-state index >= 15 is 0 Å². The molecule has 0 aromatic heterocycles. The van der Waals surface area contributed by atoms with E-state index in [0.29, 0.717) is 5.96 Å². The second-order valence-electron chi connectivity index (χ2n) is 5.81. The Morgan fingerprint density at radius 3 is 2.45 bits per heavy atom. The second-order valence-corrected chi connectivity index (χ2v) is 7.03. The fourth-order valence-corrected chi connectivity index (χ4v) is 4.07. The van der Waals surface area contributed by atoms with E-state index in [4.69, 9.17) is 5.73 Å². The van der Waals surface area contributed by atoms with Crippen molar-refractivity contribution in [2.45, 2.75) is 38.5 Å². The van der Waals surface area contributed by atoms with Gasteiger partial charge in [-0.3, -0.25) is 4.99 Å². The third-order valence-electron chi connectivity index (χ3n) is 4.47. The van der Waals surface area contributed by atoms with Crippen molar-refractivity contribution < 1.29 is 5.11 Å². The third kappa shape index (κ3) is 5.26. The highest BCUT2D eigenvalue weighted by atomic mass is 127. The summed E-state index contributed by atoms with van der Waals surface area (Å²) in [5.74, 6) is 3.01. The van der Waals surface area contributed by atoms with Crippen molar-refractivity contribution in [2.75, 3.05) is 37.7 Å². The molecule has 1 aliphatic heterocycles. The van der Waals surface area contributed by atoms with Gasteiger partial charge < -0.3 is 15.7 Å². The zero-order chi connectivity index (χ0) is 13.6. The molecule has 0 amide bonds. The molecule has 4 nitrogen and oxygen atoms in total. The van der Waals surface area contributed by atoms with Crippen LogP contribution >= 0.6 is 35.7 Å². The summed E-state index contributed by atoms with van der Waals surface area (Å²) in [6.07, 6.45) is 7.14. The molecule has 2 aliphatic rings. The highest BCUT2D eigenvalue weighted by Gasteiger charge is 2.31. The molecule has 1 saturated carbocycles. The van der Waals surface area contributed by atoms with Crippen LogP contribution in [-0.2, 0) is 0 Å². The van der Waals surface area contributed by atoms with Crippen LogP contribution < -0.4 is 5.73 Å². The lowest BCUT2D eigenvalue weighted by Gasteiger charge is -2.36. The number of aliphatic hydroxyl groups excluding tert-OH is 1. The van der Waals surface area contributed by atoms with Crippen molar-refractivity contribution >= 4 is 41.7 Å². The maximum atomic E-state index is 9.30. The number of halogens is 1. The zero-order valence-corrected chi connectivity index (χ0v) is 15.4. The molecule has 0 bridgehead atoms. The number of guanidine groups is 1. The Hall–Kier alpha value is 0.310. The van der Waals surface area contributed by atoms with E-state index in [1.807, 2.05) is 11.8 Å². The molecule has 0 atom stereocenters. The minimum absolute atomic E-state index is 0. The Kier molecular flexibility index (Phi) is 8.59. The van der Waals surface area contributed by atoms with Gasteiger partial charge in [-0.25, -0.2) is 0 Å². The molecule has 1 heterocycles. The van der Waals surface area contributed by atoms with Crippen molar-refractivity contribution in [1.29, 1.82) is 0 Å². The molecule has 2 fully saturated rings. The Bertz CT molecular complexity index is 297. The molecule has 118 valence electrons. The van der Waals surface area contributed by atoms with Gasteiger partial charge in [0.2, 0.25) is 0 Å². The van der Waals surface area contributed by atoms with Crippen molar-refractivity contribution in [1.82, 2.24) is 4.90 Å². The van der Waals surface area contributed by atoms with E-state index in [0.717, 1.165) is 37.6 Å². The Labute approximate surface area is 144 Å². The number of rotatable bonds is 4. The number of aliphatic hydroxyl groups is 1. The maximum absolute atomic E-state index is 9.30. The van der Waals surface area contributed by atoms with Crippen molar-refractivity contribution in [3.63, 3.8) is 0 Å². The third-order valence-corrected chi connectivity index (χ3v) is 5.41. The molecule has 1 saturated heterocycles. The van der Waals surface area contributed by atoms with Crippen LogP contribution in [0.2, 0.25) is 0 Å². The number of hydrogen-bond acceptors (Lipinski definition) is 3. The maximum Gasteiger partial charge on any atom is 0.191 e. The lowest BCUT2D eigenvalue weighted by atomic mass is 9.72. The number of hydrogen-bond donors (Lipinski definition) is 2. The molecule has 0 unspecified atom stereocenters. The fraction of sp³-hybridized carbons (Fsp3) is 0.929. The predicted molar refractivity (Wildman–Crippen MR) is 98.0 cm³/mol. The van der Waals surface area contributed by atoms with Crippen molar-refractivity contribution in [3.8, 4) is 0 Å². The molecule has 20 heavy (non-hydrogen) atoms. The van der Waals surface area contributed by atoms with Gasteiger partial charge in [-0.2, -0.15) is 11.8 Å². The van der Waals surface area contributed by atoms with E-state index in [2.05, 4.69) is 9.89 Å². The monoisotopic (exact) mass is 413 g/mol. The highest BCUT2D eigenvalue weighted by Crippen LogP contribution is 2.39. The average Bonchev–Trinajstić information content (AvgIpc) is 2.47. The quantitative estimate of drug-likeness (QED) is 0.422. The van der Waals surface area contributed by atoms with Crippen LogP contribution in [0.15, 0.2) is 4.99 Å². The molecule has 3 N–H and O–H groups in total. The molecular formula is C14H28IN3OS. The summed E-state index contributed by atoms with van der Waals surface area (Å²) in [4.78, 5) is 6.86. The first-order chi connectivity index (χ1) is 9.26. The normalized spacial score (nSPS) is 23.2. The van der Waals surface area contributed by atoms with Crippen LogP contribution in [0.25, 0.3) is 0 Å². The summed E-state index contributed by atoms with van der Waals surface area (Å²) >= 11 is 1.98. The van der Waals surface area contributed by atoms with E-state index in [9.17, 15) is 5.11 Å². The van der Waals surface area contributed by atoms with E-state index in [1.54, 1.807) is 0 Å². The lowest BCUT2D eigenvalue weighted by Crippen LogP contribution is -2.43. The van der Waals surface area contributed by atoms with Crippen LogP contribution in [0.1, 0.15) is 38.5 Å². The van der Waals surface area contributed by atoms with Crippen LogP contribution in [0, 0.1) is 5.41 Å². The largest absolute Gasteiger partial charge is 0.396 e. The molecule has 2 rings (SSSR count). The number of thioether (sulfide) groups is 1. The van der Waals surface area contributed by atoms with Gasteiger partial charge >= 0.3 is 0 Å². The first kappa shape index (κ1) is 18.4. The first-order valence-electron chi connectivity index (χ1n) is 7.49. The van der Waals surface area contributed by atoms with Gasteiger partial charge in [0.05, 0.1) is 0 Å². The Balaban J connectivity index is 0.00000200. The molecular weight excluding hydrogens is 385 g/mol. The van der Waals surface area contributed by atoms with E-state index < -0.39 is 0 Å². The SMILES string of the molecule is I.NC(=NCC1(CCO)CCCCC1)N1CCSCC1. The van der Waals surface area contributed by atoms with Crippen molar-refractivity contribution in [2.24, 2.45) is 16.1 Å². The minimum atomic E-state index is 0. The minimum Gasteiger partial charge on any atom is -0.396 e. The fourth-order valence-electron chi connectivity index (χ4n) is 3.17. The van der Waals surface area contributed by atoms with Gasteiger partial charge in [-0.05, 0) is 24.7 Å². The van der Waals surface area contributed by atoms with Crippen LogP contribution in [0.4, 0.5) is 0 Å². The van der Waals surface area contributed by atoms with Gasteiger partial charge in [-0.15, -0.1) is 24.0 Å². The van der Waals surface area contributed by atoms with Gasteiger partial charge in [0, 0.05) is 37.7 Å². The summed E-state index contributed by atoms with van der Waals surface area (Å²) in [5, 5.41) is 9.30. The molecule has 1 aliphatic carbocycles. The molecule has 0 spiro atoms. The predicted octanol–water partition coefficient (Wildman–Crippen LogP) is 2.30. The topological polar surface area (TPSA) is 61.9 Å².